The third-order valence-corrected chi connectivity index (χ3v) is 1.50. The van der Waals surface area contributed by atoms with E-state index in [2.05, 4.69) is 0 Å². The lowest BCUT2D eigenvalue weighted by atomic mass is 10.2. The van der Waals surface area contributed by atoms with Crippen molar-refractivity contribution in [2.45, 2.75) is 0 Å². The molecule has 0 bridgehead atoms. The maximum atomic E-state index is 12.6. The van der Waals surface area contributed by atoms with Gasteiger partial charge in [-0.2, -0.15) is 0 Å². The van der Waals surface area contributed by atoms with Gasteiger partial charge in [-0.3, -0.25) is 4.79 Å². The van der Waals surface area contributed by atoms with Crippen molar-refractivity contribution in [3.63, 3.8) is 0 Å². The van der Waals surface area contributed by atoms with Gasteiger partial charge in [0.2, 0.25) is 0 Å². The first kappa shape index (κ1) is 9.98. The number of benzene rings is 1. The molecule has 0 N–H and O–H groups in total. The molecule has 1 aromatic carbocycles. The quantitative estimate of drug-likeness (QED) is 0.303. The van der Waals surface area contributed by atoms with E-state index in [4.69, 9.17) is 11.6 Å². The van der Waals surface area contributed by atoms with Crippen LogP contribution in [0.3, 0.4) is 0 Å². The van der Waals surface area contributed by atoms with E-state index < -0.39 is 34.1 Å². The lowest BCUT2D eigenvalue weighted by Gasteiger charge is -2.00. The maximum absolute atomic E-state index is 12.6. The predicted molar refractivity (Wildman–Crippen MR) is 36.5 cm³/mol. The van der Waals surface area contributed by atoms with Crippen molar-refractivity contribution >= 4 is 16.8 Å². The fourth-order valence-corrected chi connectivity index (χ4v) is 0.920. The highest BCUT2D eigenvalue weighted by atomic mass is 35.5. The second kappa shape index (κ2) is 3.33. The van der Waals surface area contributed by atoms with Crippen molar-refractivity contribution in [2.24, 2.45) is 0 Å². The molecule has 0 radical (unpaired) electrons. The van der Waals surface area contributed by atoms with E-state index in [1.165, 1.54) is 0 Å². The Kier molecular flexibility index (Phi) is 2.56. The number of halogens is 5. The van der Waals surface area contributed by atoms with Gasteiger partial charge < -0.3 is 0 Å². The molecular weight excluding hydrogens is 212 g/mol. The van der Waals surface area contributed by atoms with Crippen LogP contribution in [0.2, 0.25) is 0 Å². The zero-order chi connectivity index (χ0) is 10.2. The van der Waals surface area contributed by atoms with Crippen LogP contribution in [0.15, 0.2) is 6.07 Å². The van der Waals surface area contributed by atoms with Gasteiger partial charge in [0.25, 0.3) is 5.24 Å². The van der Waals surface area contributed by atoms with E-state index in [1.807, 2.05) is 0 Å². The Morgan fingerprint density at radius 1 is 1.08 bits per heavy atom. The summed E-state index contributed by atoms with van der Waals surface area (Å²) in [5, 5.41) is -1.52. The SMILES string of the molecule is O=C(Cl)c1c(F)cc(F)c(F)c1F. The second-order valence-corrected chi connectivity index (χ2v) is 2.46. The average Bonchev–Trinajstić information content (AvgIpc) is 1.99. The second-order valence-electron chi connectivity index (χ2n) is 2.12. The summed E-state index contributed by atoms with van der Waals surface area (Å²) in [5.41, 5.74) is -1.29. The van der Waals surface area contributed by atoms with Gasteiger partial charge in [-0.1, -0.05) is 0 Å². The molecule has 0 spiro atoms. The average molecular weight is 213 g/mol. The van der Waals surface area contributed by atoms with Gasteiger partial charge >= 0.3 is 0 Å². The van der Waals surface area contributed by atoms with Crippen LogP contribution in [0.5, 0.6) is 0 Å². The van der Waals surface area contributed by atoms with Gasteiger partial charge in [-0.25, -0.2) is 17.6 Å². The molecule has 1 rings (SSSR count). The molecule has 0 atom stereocenters. The van der Waals surface area contributed by atoms with E-state index in [1.54, 1.807) is 0 Å². The fraction of sp³-hybridized carbons (Fsp3) is 0. The van der Waals surface area contributed by atoms with Crippen molar-refractivity contribution in [1.29, 1.82) is 0 Å². The zero-order valence-electron chi connectivity index (χ0n) is 5.88. The molecule has 0 aromatic heterocycles. The van der Waals surface area contributed by atoms with E-state index >= 15 is 0 Å². The number of rotatable bonds is 1. The lowest BCUT2D eigenvalue weighted by molar-refractivity contribution is 0.107. The molecule has 70 valence electrons. The summed E-state index contributed by atoms with van der Waals surface area (Å²) in [4.78, 5) is 10.3. The van der Waals surface area contributed by atoms with Crippen molar-refractivity contribution in [2.75, 3.05) is 0 Å². The minimum absolute atomic E-state index is 0.0496. The molecule has 6 heteroatoms. The summed E-state index contributed by atoms with van der Waals surface area (Å²) in [6.45, 7) is 0. The summed E-state index contributed by atoms with van der Waals surface area (Å²) in [7, 11) is 0. The molecule has 0 heterocycles. The number of carbonyl (C=O) groups is 1. The van der Waals surface area contributed by atoms with Gasteiger partial charge in [-0.15, -0.1) is 0 Å². The van der Waals surface area contributed by atoms with Crippen molar-refractivity contribution in [1.82, 2.24) is 0 Å². The number of hydrogen-bond donors (Lipinski definition) is 0. The first-order valence-electron chi connectivity index (χ1n) is 2.98. The molecule has 0 aliphatic carbocycles. The normalized spacial score (nSPS) is 10.2. The maximum Gasteiger partial charge on any atom is 0.258 e. The minimum atomic E-state index is -1.93. The first-order valence-corrected chi connectivity index (χ1v) is 3.35. The minimum Gasteiger partial charge on any atom is -0.275 e. The summed E-state index contributed by atoms with van der Waals surface area (Å²) in [5.74, 6) is -7.09. The molecule has 0 amide bonds. The van der Waals surface area contributed by atoms with Gasteiger partial charge in [0, 0.05) is 6.07 Å². The molecule has 0 aliphatic rings. The molecule has 0 aliphatic heterocycles. The van der Waals surface area contributed by atoms with E-state index in [0.717, 1.165) is 0 Å². The molecule has 1 aromatic rings. The van der Waals surface area contributed by atoms with Gasteiger partial charge in [0.05, 0.1) is 0 Å². The smallest absolute Gasteiger partial charge is 0.258 e. The zero-order valence-corrected chi connectivity index (χ0v) is 6.63. The molecule has 1 nitrogen and oxygen atoms in total. The molecule has 0 fully saturated rings. The van der Waals surface area contributed by atoms with Crippen molar-refractivity contribution in [3.8, 4) is 0 Å². The largest absolute Gasteiger partial charge is 0.275 e. The van der Waals surface area contributed by atoms with E-state index in [-0.39, 0.29) is 6.07 Å². The predicted octanol–water partition coefficient (Wildman–Crippen LogP) is 2.62. The van der Waals surface area contributed by atoms with Crippen LogP contribution in [0.4, 0.5) is 17.6 Å². The summed E-state index contributed by atoms with van der Waals surface area (Å²) >= 11 is 4.73. The molecule has 0 unspecified atom stereocenters. The van der Waals surface area contributed by atoms with Crippen LogP contribution in [-0.2, 0) is 0 Å². The first-order chi connectivity index (χ1) is 5.95. The van der Waals surface area contributed by atoms with Gasteiger partial charge in [0.15, 0.2) is 17.5 Å². The van der Waals surface area contributed by atoms with E-state index in [9.17, 15) is 22.4 Å². The highest BCUT2D eigenvalue weighted by molar-refractivity contribution is 6.67. The van der Waals surface area contributed by atoms with Crippen molar-refractivity contribution in [3.05, 3.63) is 34.9 Å². The van der Waals surface area contributed by atoms with Gasteiger partial charge in [-0.05, 0) is 11.6 Å². The van der Waals surface area contributed by atoms with Crippen LogP contribution < -0.4 is 0 Å². The third kappa shape index (κ3) is 1.65. The summed E-state index contributed by atoms with van der Waals surface area (Å²) in [6, 6.07) is 0.0496. The Morgan fingerprint density at radius 2 is 1.62 bits per heavy atom. The summed E-state index contributed by atoms with van der Waals surface area (Å²) in [6.07, 6.45) is 0. The summed E-state index contributed by atoms with van der Waals surface area (Å²) < 4.78 is 49.9. The number of hydrogen-bond acceptors (Lipinski definition) is 1. The van der Waals surface area contributed by atoms with Crippen LogP contribution >= 0.6 is 11.6 Å². The third-order valence-electron chi connectivity index (χ3n) is 1.31. The topological polar surface area (TPSA) is 17.1 Å². The molecule has 13 heavy (non-hydrogen) atoms. The Labute approximate surface area is 74.9 Å². The monoisotopic (exact) mass is 212 g/mol. The number of carbonyl (C=O) groups excluding carboxylic acids is 1. The molecular formula is C7HClF4O. The van der Waals surface area contributed by atoms with E-state index in [0.29, 0.717) is 0 Å². The standard InChI is InChI=1S/C7HClF4O/c8-7(13)4-2(9)1-3(10)5(11)6(4)12/h1H. The van der Waals surface area contributed by atoms with Crippen LogP contribution in [0.1, 0.15) is 10.4 Å². The Balaban J connectivity index is 3.53. The molecule has 0 saturated heterocycles. The molecule has 0 saturated carbocycles. The Hall–Kier alpha value is -1.10. The Morgan fingerprint density at radius 3 is 2.08 bits per heavy atom. The lowest BCUT2D eigenvalue weighted by Crippen LogP contribution is -2.04. The van der Waals surface area contributed by atoms with Crippen LogP contribution in [0.25, 0.3) is 0 Å². The highest BCUT2D eigenvalue weighted by Gasteiger charge is 2.22. The highest BCUT2D eigenvalue weighted by Crippen LogP contribution is 2.20. The Bertz CT molecular complexity index is 377. The van der Waals surface area contributed by atoms with Crippen LogP contribution in [-0.4, -0.2) is 5.24 Å². The fourth-order valence-electron chi connectivity index (χ4n) is 0.746. The van der Waals surface area contributed by atoms with Crippen LogP contribution in [0, 0.1) is 23.3 Å². The van der Waals surface area contributed by atoms with Crippen molar-refractivity contribution < 1.29 is 22.4 Å². The van der Waals surface area contributed by atoms with Gasteiger partial charge in [0.1, 0.15) is 11.4 Å².